The van der Waals surface area contributed by atoms with E-state index in [9.17, 15) is 13.2 Å². The van der Waals surface area contributed by atoms with Crippen LogP contribution in [0.3, 0.4) is 0 Å². The molecule has 4 nitrogen and oxygen atoms in total. The highest BCUT2D eigenvalue weighted by Crippen LogP contribution is 2.07. The number of nitrogens with zero attached hydrogens (tertiary/aromatic N) is 1. The van der Waals surface area contributed by atoms with Crippen LogP contribution in [0.4, 0.5) is 0 Å². The van der Waals surface area contributed by atoms with E-state index >= 15 is 0 Å². The van der Waals surface area contributed by atoms with E-state index in [1.165, 1.54) is 0 Å². The van der Waals surface area contributed by atoms with Gasteiger partial charge in [-0.2, -0.15) is 0 Å². The molecule has 1 fully saturated rings. The average Bonchev–Trinajstić information content (AvgIpc) is 2.03. The molecule has 0 aliphatic carbocycles. The third-order valence-corrected chi connectivity index (χ3v) is 3.50. The van der Waals surface area contributed by atoms with Gasteiger partial charge in [0.15, 0.2) is 16.1 Å². The highest BCUT2D eigenvalue weighted by atomic mass is 32.2. The lowest BCUT2D eigenvalue weighted by Gasteiger charge is -2.27. The number of hydrogen-bond donors (Lipinski definition) is 0. The lowest BCUT2D eigenvalue weighted by Crippen LogP contribution is -2.39. The van der Waals surface area contributed by atoms with Gasteiger partial charge in [-0.05, 0) is 0 Å². The highest BCUT2D eigenvalue weighted by Gasteiger charge is 2.21. The van der Waals surface area contributed by atoms with Crippen LogP contribution in [-0.4, -0.2) is 44.2 Å². The molecule has 12 heavy (non-hydrogen) atoms. The van der Waals surface area contributed by atoms with Crippen molar-refractivity contribution in [2.24, 2.45) is 0 Å². The molecule has 0 N–H and O–H groups in total. The Morgan fingerprint density at radius 2 is 1.83 bits per heavy atom. The molecule has 1 aliphatic rings. The molecular formula is C7H11NO3S. The van der Waals surface area contributed by atoms with Crippen molar-refractivity contribution >= 4 is 16.1 Å². The number of allylic oxidation sites excluding steroid dienone is 1. The first-order valence-corrected chi connectivity index (χ1v) is 5.47. The van der Waals surface area contributed by atoms with Crippen LogP contribution in [-0.2, 0) is 14.6 Å². The number of carbonyl (C=O) groups excluding carboxylic acids is 1. The molecule has 0 radical (unpaired) electrons. The van der Waals surface area contributed by atoms with Crippen molar-refractivity contribution in [1.82, 2.24) is 4.90 Å². The van der Waals surface area contributed by atoms with Crippen molar-refractivity contribution in [3.63, 3.8) is 0 Å². The van der Waals surface area contributed by atoms with Crippen LogP contribution in [0.15, 0.2) is 12.3 Å². The van der Waals surface area contributed by atoms with Gasteiger partial charge in [-0.3, -0.25) is 4.79 Å². The zero-order chi connectivity index (χ0) is 9.19. The molecule has 0 atom stereocenters. The molecular weight excluding hydrogens is 178 g/mol. The Balaban J connectivity index is 2.57. The number of sulfone groups is 1. The largest absolute Gasteiger partial charge is 0.367 e. The number of aldehydes is 1. The summed E-state index contributed by atoms with van der Waals surface area (Å²) in [6.45, 7) is 4.29. The lowest BCUT2D eigenvalue weighted by molar-refractivity contribution is -0.106. The summed E-state index contributed by atoms with van der Waals surface area (Å²) in [6.07, 6.45) is 0.651. The molecule has 0 aromatic heterocycles. The molecule has 0 amide bonds. The monoisotopic (exact) mass is 189 g/mol. The van der Waals surface area contributed by atoms with E-state index in [0.717, 1.165) is 0 Å². The van der Waals surface area contributed by atoms with Gasteiger partial charge in [0, 0.05) is 13.1 Å². The Labute approximate surface area is 71.8 Å². The molecule has 1 aliphatic heterocycles. The minimum atomic E-state index is -2.86. The van der Waals surface area contributed by atoms with Gasteiger partial charge in [0.05, 0.1) is 17.2 Å². The first kappa shape index (κ1) is 9.25. The van der Waals surface area contributed by atoms with Crippen LogP contribution >= 0.6 is 0 Å². The van der Waals surface area contributed by atoms with Gasteiger partial charge in [-0.25, -0.2) is 8.42 Å². The number of hydrogen-bond acceptors (Lipinski definition) is 4. The van der Waals surface area contributed by atoms with Gasteiger partial charge in [-0.1, -0.05) is 6.58 Å². The maximum Gasteiger partial charge on any atom is 0.165 e. The fourth-order valence-corrected chi connectivity index (χ4v) is 2.28. The zero-order valence-corrected chi connectivity index (χ0v) is 7.51. The van der Waals surface area contributed by atoms with Crippen molar-refractivity contribution < 1.29 is 13.2 Å². The summed E-state index contributed by atoms with van der Waals surface area (Å²) in [5.41, 5.74) is 0.366. The van der Waals surface area contributed by atoms with Crippen LogP contribution in [0.25, 0.3) is 0 Å². The first-order chi connectivity index (χ1) is 5.55. The van der Waals surface area contributed by atoms with Gasteiger partial charge >= 0.3 is 0 Å². The second-order valence-corrected chi connectivity index (χ2v) is 5.05. The fourth-order valence-electron chi connectivity index (χ4n) is 1.07. The standard InChI is InChI=1S/C7H11NO3S/c1-7(6-9)8-2-4-12(10,11)5-3-8/h6H,1-5H2. The fraction of sp³-hybridized carbons (Fsp3) is 0.571. The van der Waals surface area contributed by atoms with Crippen molar-refractivity contribution in [2.75, 3.05) is 24.6 Å². The minimum Gasteiger partial charge on any atom is -0.367 e. The van der Waals surface area contributed by atoms with Crippen LogP contribution in [0.1, 0.15) is 0 Å². The Morgan fingerprint density at radius 3 is 2.25 bits per heavy atom. The Bertz CT molecular complexity index is 280. The molecule has 0 unspecified atom stereocenters. The third kappa shape index (κ3) is 2.07. The number of carbonyl (C=O) groups is 1. The summed E-state index contributed by atoms with van der Waals surface area (Å²) in [5.74, 6) is 0.250. The van der Waals surface area contributed by atoms with Gasteiger partial charge < -0.3 is 4.90 Å². The molecule has 5 heteroatoms. The first-order valence-electron chi connectivity index (χ1n) is 3.64. The van der Waals surface area contributed by atoms with Gasteiger partial charge in [0.2, 0.25) is 0 Å². The predicted octanol–water partition coefficient (Wildman–Crippen LogP) is -0.571. The number of rotatable bonds is 2. The summed E-state index contributed by atoms with van der Waals surface area (Å²) in [7, 11) is -2.86. The Kier molecular flexibility index (Phi) is 2.52. The zero-order valence-electron chi connectivity index (χ0n) is 6.69. The third-order valence-electron chi connectivity index (χ3n) is 1.89. The van der Waals surface area contributed by atoms with Gasteiger partial charge in [0.1, 0.15) is 0 Å². The summed E-state index contributed by atoms with van der Waals surface area (Å²) >= 11 is 0. The molecule has 0 saturated carbocycles. The smallest absolute Gasteiger partial charge is 0.165 e. The molecule has 1 saturated heterocycles. The Hall–Kier alpha value is -0.840. The molecule has 68 valence electrons. The van der Waals surface area contributed by atoms with E-state index < -0.39 is 9.84 Å². The van der Waals surface area contributed by atoms with Crippen LogP contribution in [0, 0.1) is 0 Å². The second kappa shape index (κ2) is 3.26. The van der Waals surface area contributed by atoms with Crippen molar-refractivity contribution in [3.05, 3.63) is 12.3 Å². The molecule has 0 aromatic rings. The van der Waals surface area contributed by atoms with Crippen LogP contribution in [0.2, 0.25) is 0 Å². The molecule has 1 heterocycles. The summed E-state index contributed by atoms with van der Waals surface area (Å²) in [4.78, 5) is 12.0. The second-order valence-electron chi connectivity index (χ2n) is 2.75. The van der Waals surface area contributed by atoms with Crippen LogP contribution in [0.5, 0.6) is 0 Å². The summed E-state index contributed by atoms with van der Waals surface area (Å²) in [5, 5.41) is 0. The normalized spacial score (nSPS) is 21.8. The molecule has 1 rings (SSSR count). The van der Waals surface area contributed by atoms with Crippen LogP contribution < -0.4 is 0 Å². The molecule has 0 spiro atoms. The molecule has 0 aromatic carbocycles. The van der Waals surface area contributed by atoms with Gasteiger partial charge in [0.25, 0.3) is 0 Å². The minimum absolute atomic E-state index is 0.125. The average molecular weight is 189 g/mol. The predicted molar refractivity (Wildman–Crippen MR) is 45.4 cm³/mol. The Morgan fingerprint density at radius 1 is 1.33 bits per heavy atom. The van der Waals surface area contributed by atoms with E-state index in [1.807, 2.05) is 0 Å². The quantitative estimate of drug-likeness (QED) is 0.431. The maximum atomic E-state index is 11.0. The van der Waals surface area contributed by atoms with E-state index in [4.69, 9.17) is 0 Å². The van der Waals surface area contributed by atoms with Crippen molar-refractivity contribution in [2.45, 2.75) is 0 Å². The maximum absolute atomic E-state index is 11.0. The summed E-state index contributed by atoms with van der Waals surface area (Å²) in [6, 6.07) is 0. The summed E-state index contributed by atoms with van der Waals surface area (Å²) < 4.78 is 21.9. The van der Waals surface area contributed by atoms with E-state index in [1.54, 1.807) is 4.90 Å². The SMILES string of the molecule is C=C(C=O)N1CCS(=O)(=O)CC1. The van der Waals surface area contributed by atoms with E-state index in [-0.39, 0.29) is 11.5 Å². The van der Waals surface area contributed by atoms with Gasteiger partial charge in [-0.15, -0.1) is 0 Å². The lowest BCUT2D eigenvalue weighted by atomic mass is 10.4. The van der Waals surface area contributed by atoms with Crippen molar-refractivity contribution in [3.8, 4) is 0 Å². The molecule has 0 bridgehead atoms. The topological polar surface area (TPSA) is 54.5 Å². The van der Waals surface area contributed by atoms with Crippen molar-refractivity contribution in [1.29, 1.82) is 0 Å². The van der Waals surface area contributed by atoms with E-state index in [0.29, 0.717) is 25.1 Å². The highest BCUT2D eigenvalue weighted by molar-refractivity contribution is 7.91. The van der Waals surface area contributed by atoms with E-state index in [2.05, 4.69) is 6.58 Å².